The Morgan fingerprint density at radius 2 is 1.93 bits per heavy atom. The fraction of sp³-hybridized carbons (Fsp3) is 0.200. The summed E-state index contributed by atoms with van der Waals surface area (Å²) in [6, 6.07) is 2.33. The van der Waals surface area contributed by atoms with Crippen LogP contribution in [0.1, 0.15) is 11.1 Å². The number of aryl methyl sites for hydroxylation is 1. The molecule has 1 aromatic heterocycles. The minimum Gasteiger partial charge on any atom is -0.463 e. The molecule has 5 heteroatoms. The Labute approximate surface area is 88.4 Å². The lowest BCUT2D eigenvalue weighted by molar-refractivity contribution is -0.136. The maximum atomic E-state index is 12.6. The van der Waals surface area contributed by atoms with Crippen LogP contribution in [0.5, 0.6) is 0 Å². The third-order valence-electron chi connectivity index (χ3n) is 2.14. The van der Waals surface area contributed by atoms with Gasteiger partial charge in [-0.3, -0.25) is 0 Å². The molecule has 0 bridgehead atoms. The van der Waals surface area contributed by atoms with Crippen LogP contribution in [-0.2, 0) is 6.18 Å². The zero-order valence-corrected chi connectivity index (χ0v) is 8.41. The van der Waals surface area contributed by atoms with Gasteiger partial charge in [-0.2, -0.15) is 13.2 Å². The summed E-state index contributed by atoms with van der Waals surface area (Å²) in [5.41, 5.74) is -0.361. The number of benzene rings is 1. The first-order valence-corrected chi connectivity index (χ1v) is 4.52. The van der Waals surface area contributed by atoms with Crippen molar-refractivity contribution in [1.82, 2.24) is 0 Å². The van der Waals surface area contributed by atoms with Crippen LogP contribution in [0, 0.1) is 6.92 Å². The van der Waals surface area contributed by atoms with Gasteiger partial charge in [0.1, 0.15) is 11.1 Å². The fourth-order valence-electron chi connectivity index (χ4n) is 1.43. The third kappa shape index (κ3) is 1.69. The average molecular weight is 235 g/mol. The van der Waals surface area contributed by atoms with Crippen molar-refractivity contribution in [3.05, 3.63) is 34.5 Å². The van der Waals surface area contributed by atoms with E-state index in [0.717, 1.165) is 6.07 Å². The van der Waals surface area contributed by atoms with E-state index in [2.05, 4.69) is 0 Å². The molecule has 0 fully saturated rings. The molecule has 2 rings (SSSR count). The van der Waals surface area contributed by atoms with Crippen LogP contribution in [0.25, 0.3) is 11.0 Å². The van der Waals surface area contributed by atoms with Gasteiger partial charge in [-0.15, -0.1) is 0 Å². The molecular formula is C10H6ClF3O. The number of hydrogen-bond acceptors (Lipinski definition) is 1. The van der Waals surface area contributed by atoms with Crippen LogP contribution >= 0.6 is 11.6 Å². The second-order valence-corrected chi connectivity index (χ2v) is 3.68. The summed E-state index contributed by atoms with van der Waals surface area (Å²) in [4.78, 5) is 0. The van der Waals surface area contributed by atoms with E-state index in [-0.39, 0.29) is 10.6 Å². The van der Waals surface area contributed by atoms with Gasteiger partial charge in [-0.1, -0.05) is 11.6 Å². The lowest BCUT2D eigenvalue weighted by atomic mass is 10.1. The van der Waals surface area contributed by atoms with Crippen molar-refractivity contribution < 1.29 is 17.6 Å². The van der Waals surface area contributed by atoms with Gasteiger partial charge in [-0.25, -0.2) is 0 Å². The van der Waals surface area contributed by atoms with Gasteiger partial charge in [0.05, 0.1) is 6.26 Å². The van der Waals surface area contributed by atoms with Crippen molar-refractivity contribution in [2.75, 3.05) is 0 Å². The van der Waals surface area contributed by atoms with Gasteiger partial charge in [0, 0.05) is 10.4 Å². The maximum absolute atomic E-state index is 12.6. The second-order valence-electron chi connectivity index (χ2n) is 3.25. The molecule has 0 radical (unpaired) electrons. The van der Waals surface area contributed by atoms with E-state index in [1.54, 1.807) is 6.92 Å². The molecular weight excluding hydrogens is 229 g/mol. The van der Waals surface area contributed by atoms with Gasteiger partial charge < -0.3 is 4.42 Å². The molecule has 0 amide bonds. The minimum absolute atomic E-state index is 0.0549. The van der Waals surface area contributed by atoms with Gasteiger partial charge in [0.2, 0.25) is 0 Å². The fourth-order valence-corrected chi connectivity index (χ4v) is 1.65. The first-order valence-electron chi connectivity index (χ1n) is 4.14. The highest BCUT2D eigenvalue weighted by atomic mass is 35.5. The molecule has 0 aliphatic heterocycles. The largest absolute Gasteiger partial charge is 0.463 e. The number of fused-ring (bicyclic) bond motifs is 1. The first-order chi connectivity index (χ1) is 6.89. The molecule has 0 spiro atoms. The van der Waals surface area contributed by atoms with E-state index in [0.29, 0.717) is 10.9 Å². The predicted molar refractivity (Wildman–Crippen MR) is 51.0 cm³/mol. The molecule has 15 heavy (non-hydrogen) atoms. The van der Waals surface area contributed by atoms with Crippen molar-refractivity contribution >= 4 is 22.6 Å². The van der Waals surface area contributed by atoms with Crippen molar-refractivity contribution in [3.63, 3.8) is 0 Å². The SMILES string of the molecule is Cc1coc2c(C(F)(F)F)cc(Cl)cc12. The van der Waals surface area contributed by atoms with Crippen molar-refractivity contribution in [3.8, 4) is 0 Å². The Hall–Kier alpha value is -1.16. The standard InChI is InChI=1S/C10H6ClF3O/c1-5-4-15-9-7(5)2-6(11)3-8(9)10(12,13)14/h2-4H,1H3. The summed E-state index contributed by atoms with van der Waals surface area (Å²) in [5.74, 6) is 0. The summed E-state index contributed by atoms with van der Waals surface area (Å²) < 4.78 is 42.6. The van der Waals surface area contributed by atoms with Crippen molar-refractivity contribution in [1.29, 1.82) is 0 Å². The zero-order chi connectivity index (χ0) is 11.2. The van der Waals surface area contributed by atoms with Crippen LogP contribution in [0.2, 0.25) is 5.02 Å². The highest BCUT2D eigenvalue weighted by molar-refractivity contribution is 6.31. The van der Waals surface area contributed by atoms with Gasteiger partial charge in [0.15, 0.2) is 0 Å². The van der Waals surface area contributed by atoms with Crippen LogP contribution in [0.3, 0.4) is 0 Å². The summed E-state index contributed by atoms with van der Waals surface area (Å²) in [6.07, 6.45) is -3.16. The van der Waals surface area contributed by atoms with Crippen LogP contribution < -0.4 is 0 Å². The number of alkyl halides is 3. The smallest absolute Gasteiger partial charge is 0.420 e. The Morgan fingerprint density at radius 3 is 2.53 bits per heavy atom. The second kappa shape index (κ2) is 3.17. The Morgan fingerprint density at radius 1 is 1.27 bits per heavy atom. The molecule has 0 aliphatic rings. The number of hydrogen-bond donors (Lipinski definition) is 0. The van der Waals surface area contributed by atoms with E-state index in [1.165, 1.54) is 12.3 Å². The molecule has 0 aliphatic carbocycles. The Kier molecular flexibility index (Phi) is 2.19. The summed E-state index contributed by atoms with van der Waals surface area (Å²) in [7, 11) is 0. The number of rotatable bonds is 0. The first kappa shape index (κ1) is 10.4. The summed E-state index contributed by atoms with van der Waals surface area (Å²) in [6.45, 7) is 1.67. The number of halogens is 4. The zero-order valence-electron chi connectivity index (χ0n) is 7.65. The normalized spacial score (nSPS) is 12.3. The molecule has 0 unspecified atom stereocenters. The molecule has 0 saturated carbocycles. The summed E-state index contributed by atoms with van der Waals surface area (Å²) in [5, 5.41) is 0.453. The molecule has 1 nitrogen and oxygen atoms in total. The lowest BCUT2D eigenvalue weighted by Crippen LogP contribution is -2.05. The van der Waals surface area contributed by atoms with Gasteiger partial charge in [0.25, 0.3) is 0 Å². The van der Waals surface area contributed by atoms with Crippen LogP contribution in [0.4, 0.5) is 13.2 Å². The third-order valence-corrected chi connectivity index (χ3v) is 2.36. The molecule has 1 heterocycles. The lowest BCUT2D eigenvalue weighted by Gasteiger charge is -2.07. The monoisotopic (exact) mass is 234 g/mol. The quantitative estimate of drug-likeness (QED) is 0.658. The van der Waals surface area contributed by atoms with Gasteiger partial charge >= 0.3 is 6.18 Å². The van der Waals surface area contributed by atoms with Crippen LogP contribution in [-0.4, -0.2) is 0 Å². The highest BCUT2D eigenvalue weighted by Gasteiger charge is 2.34. The van der Waals surface area contributed by atoms with Crippen molar-refractivity contribution in [2.24, 2.45) is 0 Å². The minimum atomic E-state index is -4.45. The predicted octanol–water partition coefficient (Wildman–Crippen LogP) is 4.41. The van der Waals surface area contributed by atoms with Gasteiger partial charge in [-0.05, 0) is 24.6 Å². The number of furan rings is 1. The van der Waals surface area contributed by atoms with Crippen molar-refractivity contribution in [2.45, 2.75) is 13.1 Å². The maximum Gasteiger partial charge on any atom is 0.420 e. The molecule has 0 atom stereocenters. The Bertz CT molecular complexity index is 513. The molecule has 0 N–H and O–H groups in total. The Balaban J connectivity index is 2.84. The van der Waals surface area contributed by atoms with E-state index < -0.39 is 11.7 Å². The topological polar surface area (TPSA) is 13.1 Å². The van der Waals surface area contributed by atoms with E-state index in [1.807, 2.05) is 0 Å². The molecule has 80 valence electrons. The highest BCUT2D eigenvalue weighted by Crippen LogP contribution is 2.38. The average Bonchev–Trinajstić information content (AvgIpc) is 2.45. The van der Waals surface area contributed by atoms with Crippen LogP contribution in [0.15, 0.2) is 22.8 Å². The van der Waals surface area contributed by atoms with E-state index in [4.69, 9.17) is 16.0 Å². The van der Waals surface area contributed by atoms with E-state index >= 15 is 0 Å². The molecule has 1 aromatic carbocycles. The molecule has 2 aromatic rings. The summed E-state index contributed by atoms with van der Waals surface area (Å²) >= 11 is 5.62. The molecule has 0 saturated heterocycles. The van der Waals surface area contributed by atoms with E-state index in [9.17, 15) is 13.2 Å².